The van der Waals surface area contributed by atoms with Crippen LogP contribution >= 0.6 is 11.3 Å². The molecule has 122 valence electrons. The molecule has 0 amide bonds. The molecule has 8 heteroatoms. The summed E-state index contributed by atoms with van der Waals surface area (Å²) in [6.45, 7) is 3.69. The van der Waals surface area contributed by atoms with E-state index in [4.69, 9.17) is 14.6 Å². The molecule has 0 fully saturated rings. The molecule has 1 rings (SSSR count). The van der Waals surface area contributed by atoms with Gasteiger partial charge in [-0.15, -0.1) is 11.3 Å². The molecule has 0 aliphatic rings. The number of hydrogen-bond acceptors (Lipinski definition) is 6. The fraction of sp³-hybridized carbons (Fsp3) is 0.692. The second-order valence-corrected chi connectivity index (χ2v) is 7.58. The lowest BCUT2D eigenvalue weighted by Crippen LogP contribution is -2.25. The molecule has 0 saturated heterocycles. The van der Waals surface area contributed by atoms with Crippen molar-refractivity contribution in [3.8, 4) is 0 Å². The van der Waals surface area contributed by atoms with Crippen LogP contribution in [-0.4, -0.2) is 47.0 Å². The Labute approximate surface area is 130 Å². The number of sulfonamides is 1. The Morgan fingerprint density at radius 3 is 2.67 bits per heavy atom. The van der Waals surface area contributed by atoms with Crippen molar-refractivity contribution >= 4 is 21.4 Å². The van der Waals surface area contributed by atoms with Crippen LogP contribution in [0.25, 0.3) is 0 Å². The summed E-state index contributed by atoms with van der Waals surface area (Å²) in [6.07, 6.45) is 1.50. The van der Waals surface area contributed by atoms with Crippen molar-refractivity contribution in [3.05, 3.63) is 15.8 Å². The number of ether oxygens (including phenoxy) is 2. The van der Waals surface area contributed by atoms with E-state index in [1.54, 1.807) is 14.0 Å². The summed E-state index contributed by atoms with van der Waals surface area (Å²) < 4.78 is 37.0. The molecule has 0 aliphatic heterocycles. The zero-order valence-corrected chi connectivity index (χ0v) is 14.1. The van der Waals surface area contributed by atoms with Crippen LogP contribution < -0.4 is 4.72 Å². The van der Waals surface area contributed by atoms with Crippen LogP contribution in [0, 0.1) is 6.92 Å². The molecule has 0 aromatic carbocycles. The summed E-state index contributed by atoms with van der Waals surface area (Å²) in [5.74, 6) is 0. The topological polar surface area (TPSA) is 84.9 Å². The van der Waals surface area contributed by atoms with E-state index in [-0.39, 0.29) is 11.5 Å². The van der Waals surface area contributed by atoms with E-state index >= 15 is 0 Å². The lowest BCUT2D eigenvalue weighted by Gasteiger charge is -2.06. The zero-order valence-electron chi connectivity index (χ0n) is 12.4. The van der Waals surface area contributed by atoms with E-state index in [9.17, 15) is 8.42 Å². The third-order valence-corrected chi connectivity index (χ3v) is 5.56. The third kappa shape index (κ3) is 6.41. The smallest absolute Gasteiger partial charge is 0.241 e. The van der Waals surface area contributed by atoms with E-state index in [0.717, 1.165) is 6.42 Å². The third-order valence-electron chi connectivity index (χ3n) is 2.81. The molecule has 2 N–H and O–H groups in total. The number of unbranched alkanes of at least 4 members (excludes halogenated alkanes) is 1. The van der Waals surface area contributed by atoms with E-state index in [1.165, 1.54) is 17.4 Å². The molecule has 1 aromatic heterocycles. The first-order valence-electron chi connectivity index (χ1n) is 6.77. The molecule has 1 aromatic rings. The van der Waals surface area contributed by atoms with Gasteiger partial charge in [-0.05, 0) is 25.8 Å². The Kier molecular flexibility index (Phi) is 8.38. The zero-order chi connectivity index (χ0) is 15.7. The number of aliphatic hydroxyl groups excluding tert-OH is 1. The summed E-state index contributed by atoms with van der Waals surface area (Å²) in [5, 5.41) is 9.05. The van der Waals surface area contributed by atoms with Crippen LogP contribution in [-0.2, 0) is 26.1 Å². The second-order valence-electron chi connectivity index (χ2n) is 4.50. The first kappa shape index (κ1) is 18.5. The number of aliphatic hydroxyl groups is 1. The van der Waals surface area contributed by atoms with E-state index in [2.05, 4.69) is 4.72 Å². The van der Waals surface area contributed by atoms with Gasteiger partial charge in [0.2, 0.25) is 10.0 Å². The number of rotatable bonds is 11. The Morgan fingerprint density at radius 1 is 1.29 bits per heavy atom. The molecule has 0 saturated carbocycles. The summed E-state index contributed by atoms with van der Waals surface area (Å²) in [5.41, 5.74) is 0. The Hall–Kier alpha value is -0.510. The highest BCUT2D eigenvalue weighted by Crippen LogP contribution is 2.25. The molecule has 0 unspecified atom stereocenters. The largest absolute Gasteiger partial charge is 0.391 e. The van der Waals surface area contributed by atoms with Gasteiger partial charge in [0.1, 0.15) is 0 Å². The number of nitrogens with one attached hydrogen (secondary N) is 1. The van der Waals surface area contributed by atoms with E-state index in [0.29, 0.717) is 42.5 Å². The molecule has 21 heavy (non-hydrogen) atoms. The average molecular weight is 337 g/mol. The highest BCUT2D eigenvalue weighted by molar-refractivity contribution is 7.89. The first-order chi connectivity index (χ1) is 10.0. The van der Waals surface area contributed by atoms with Crippen LogP contribution in [0.5, 0.6) is 0 Å². The summed E-state index contributed by atoms with van der Waals surface area (Å²) >= 11 is 1.30. The molecule has 0 spiro atoms. The van der Waals surface area contributed by atoms with Crippen molar-refractivity contribution in [2.45, 2.75) is 31.3 Å². The van der Waals surface area contributed by atoms with Gasteiger partial charge in [0.15, 0.2) is 0 Å². The van der Waals surface area contributed by atoms with Gasteiger partial charge in [-0.25, -0.2) is 13.1 Å². The van der Waals surface area contributed by atoms with Gasteiger partial charge in [0.25, 0.3) is 0 Å². The van der Waals surface area contributed by atoms with Crippen molar-refractivity contribution in [2.75, 3.05) is 33.5 Å². The van der Waals surface area contributed by atoms with E-state index < -0.39 is 10.0 Å². The van der Waals surface area contributed by atoms with E-state index in [1.807, 2.05) is 0 Å². The maximum absolute atomic E-state index is 12.1. The predicted octanol–water partition coefficient (Wildman–Crippen LogP) is 1.27. The Bertz CT molecular complexity index is 513. The SMILES string of the molecule is COCCOCCCCNS(=O)(=O)c1cc(CO)sc1C. The maximum atomic E-state index is 12.1. The summed E-state index contributed by atoms with van der Waals surface area (Å²) in [6, 6.07) is 1.52. The molecule has 1 heterocycles. The minimum Gasteiger partial charge on any atom is -0.391 e. The Balaban J connectivity index is 2.31. The fourth-order valence-corrected chi connectivity index (χ4v) is 4.29. The van der Waals surface area contributed by atoms with Crippen LogP contribution in [0.2, 0.25) is 0 Å². The van der Waals surface area contributed by atoms with Crippen molar-refractivity contribution in [1.29, 1.82) is 0 Å². The number of hydrogen-bond donors (Lipinski definition) is 2. The van der Waals surface area contributed by atoms with Crippen LogP contribution in [0.1, 0.15) is 22.6 Å². The van der Waals surface area contributed by atoms with Gasteiger partial charge in [-0.3, -0.25) is 0 Å². The van der Waals surface area contributed by atoms with Gasteiger partial charge in [0, 0.05) is 30.0 Å². The van der Waals surface area contributed by atoms with Gasteiger partial charge in [0.05, 0.1) is 24.7 Å². The molecule has 0 atom stereocenters. The van der Waals surface area contributed by atoms with Gasteiger partial charge in [-0.1, -0.05) is 0 Å². The summed E-state index contributed by atoms with van der Waals surface area (Å²) in [4.78, 5) is 1.60. The van der Waals surface area contributed by atoms with Gasteiger partial charge >= 0.3 is 0 Å². The lowest BCUT2D eigenvalue weighted by atomic mass is 10.3. The molecule has 0 bridgehead atoms. The number of thiophene rings is 1. The Morgan fingerprint density at radius 2 is 2.05 bits per heavy atom. The molecule has 0 aliphatic carbocycles. The van der Waals surface area contributed by atoms with Crippen molar-refractivity contribution < 1.29 is 23.0 Å². The second kappa shape index (κ2) is 9.50. The molecule has 0 radical (unpaired) electrons. The highest BCUT2D eigenvalue weighted by Gasteiger charge is 2.19. The summed E-state index contributed by atoms with van der Waals surface area (Å²) in [7, 11) is -1.88. The van der Waals surface area contributed by atoms with Gasteiger partial charge in [-0.2, -0.15) is 0 Å². The predicted molar refractivity (Wildman–Crippen MR) is 82.1 cm³/mol. The van der Waals surface area contributed by atoms with Crippen molar-refractivity contribution in [1.82, 2.24) is 4.72 Å². The van der Waals surface area contributed by atoms with Crippen LogP contribution in [0.3, 0.4) is 0 Å². The average Bonchev–Trinajstić information content (AvgIpc) is 2.84. The van der Waals surface area contributed by atoms with Gasteiger partial charge < -0.3 is 14.6 Å². The maximum Gasteiger partial charge on any atom is 0.241 e. The minimum absolute atomic E-state index is 0.139. The first-order valence-corrected chi connectivity index (χ1v) is 9.07. The molecular weight excluding hydrogens is 314 g/mol. The number of methoxy groups -OCH3 is 1. The van der Waals surface area contributed by atoms with Crippen molar-refractivity contribution in [2.24, 2.45) is 0 Å². The van der Waals surface area contributed by atoms with Crippen molar-refractivity contribution in [3.63, 3.8) is 0 Å². The van der Waals surface area contributed by atoms with Crippen LogP contribution in [0.15, 0.2) is 11.0 Å². The number of aryl methyl sites for hydroxylation is 1. The molecule has 6 nitrogen and oxygen atoms in total. The fourth-order valence-electron chi connectivity index (χ4n) is 1.73. The molecular formula is C13H23NO5S2. The standard InChI is InChI=1S/C13H23NO5S2/c1-11-13(9-12(10-15)20-11)21(16,17)14-5-3-4-6-19-8-7-18-2/h9,14-15H,3-8,10H2,1-2H3. The normalized spacial score (nSPS) is 12.0. The lowest BCUT2D eigenvalue weighted by molar-refractivity contribution is 0.0689. The minimum atomic E-state index is -3.49. The monoisotopic (exact) mass is 337 g/mol. The highest BCUT2D eigenvalue weighted by atomic mass is 32.2. The quantitative estimate of drug-likeness (QED) is 0.594. The van der Waals surface area contributed by atoms with Crippen LogP contribution in [0.4, 0.5) is 0 Å².